The highest BCUT2D eigenvalue weighted by atomic mass is 16.6. The number of hydrogen-bond donors (Lipinski definition) is 7. The van der Waals surface area contributed by atoms with Crippen molar-refractivity contribution in [3.05, 3.63) is 182 Å². The van der Waals surface area contributed by atoms with Gasteiger partial charge in [0.05, 0.1) is 21.3 Å². The maximum absolute atomic E-state index is 12.8. The van der Waals surface area contributed by atoms with E-state index in [2.05, 4.69) is 63.2 Å². The first-order valence-electron chi connectivity index (χ1n) is 30.3. The summed E-state index contributed by atoms with van der Waals surface area (Å²) < 4.78 is 29.7. The van der Waals surface area contributed by atoms with Crippen molar-refractivity contribution >= 4 is 86.3 Å². The molecule has 0 aromatic heterocycles. The SMILES string of the molecule is C=CC[C@H](NC(=O)OC(C)(C)C)C(=O)N[C@@H](Cc1ccc2ccccc2c1)C(=O)OC.C=CC[C@H](NC(=O)OC(C)(C)C)C(=O)N[C@@H](Cc1ccc2ccccc2c1)C(=O)OC.C=CC[C@H](NC(=O)OC(C)(C)C)C(=O)O.COC(=O)[C@@H](N)Cc1ccc2ccccc2c1. The van der Waals surface area contributed by atoms with E-state index in [0.29, 0.717) is 6.42 Å². The fraction of sp³-hybridized carbons (Fsp3) is 0.375. The molecule has 0 unspecified atom stereocenters. The maximum atomic E-state index is 12.8. The molecule has 0 aliphatic rings. The van der Waals surface area contributed by atoms with Crippen LogP contribution in [0.4, 0.5) is 14.4 Å². The summed E-state index contributed by atoms with van der Waals surface area (Å²) in [7, 11) is 3.88. The fourth-order valence-corrected chi connectivity index (χ4v) is 8.81. The van der Waals surface area contributed by atoms with Crippen molar-refractivity contribution in [3.8, 4) is 0 Å². The number of carboxylic acids is 1. The van der Waals surface area contributed by atoms with E-state index >= 15 is 0 Å². The monoisotopic (exact) mass is 1300 g/mol. The summed E-state index contributed by atoms with van der Waals surface area (Å²) in [6.07, 6.45) is 3.77. The number of carbonyl (C=O) groups is 9. The summed E-state index contributed by atoms with van der Waals surface area (Å²) in [5, 5.41) is 28.0. The minimum atomic E-state index is -1.11. The fourth-order valence-electron chi connectivity index (χ4n) is 8.81. The molecule has 22 heteroatoms. The number of methoxy groups -OCH3 is 3. The highest BCUT2D eigenvalue weighted by Gasteiger charge is 2.31. The van der Waals surface area contributed by atoms with Crippen LogP contribution in [0.2, 0.25) is 0 Å². The van der Waals surface area contributed by atoms with Crippen LogP contribution < -0.4 is 32.3 Å². The van der Waals surface area contributed by atoms with E-state index in [1.165, 1.54) is 44.9 Å². The van der Waals surface area contributed by atoms with E-state index in [1.54, 1.807) is 62.3 Å². The average Bonchev–Trinajstić information content (AvgIpc) is 0.956. The van der Waals surface area contributed by atoms with E-state index in [4.69, 9.17) is 34.5 Å². The number of rotatable bonds is 23. The summed E-state index contributed by atoms with van der Waals surface area (Å²) >= 11 is 0. The molecule has 0 saturated carbocycles. The molecule has 506 valence electrons. The first-order valence-corrected chi connectivity index (χ1v) is 30.3. The molecule has 6 rings (SSSR count). The van der Waals surface area contributed by atoms with Crippen LogP contribution >= 0.6 is 0 Å². The zero-order chi connectivity index (χ0) is 70.3. The number of fused-ring (bicyclic) bond motifs is 3. The second kappa shape index (κ2) is 38.1. The third-order valence-electron chi connectivity index (χ3n) is 13.1. The van der Waals surface area contributed by atoms with Crippen LogP contribution in [0.5, 0.6) is 0 Å². The molecule has 94 heavy (non-hydrogen) atoms. The first-order chi connectivity index (χ1) is 44.2. The number of carboxylic acid groups (broad SMARTS) is 1. The lowest BCUT2D eigenvalue weighted by atomic mass is 10.0. The predicted molar refractivity (Wildman–Crippen MR) is 362 cm³/mol. The summed E-state index contributed by atoms with van der Waals surface area (Å²) in [5.74, 6) is -3.69. The Bertz CT molecular complexity index is 3410. The Morgan fingerprint density at radius 2 is 0.681 bits per heavy atom. The van der Waals surface area contributed by atoms with E-state index in [9.17, 15) is 43.2 Å². The zero-order valence-corrected chi connectivity index (χ0v) is 55.8. The van der Waals surface area contributed by atoms with Crippen molar-refractivity contribution in [1.82, 2.24) is 26.6 Å². The number of nitrogens with one attached hydrogen (secondary N) is 5. The summed E-state index contributed by atoms with van der Waals surface area (Å²) in [6.45, 7) is 26.1. The number of amides is 5. The van der Waals surface area contributed by atoms with Gasteiger partial charge in [0.1, 0.15) is 53.1 Å². The van der Waals surface area contributed by atoms with E-state index in [-0.39, 0.29) is 38.1 Å². The van der Waals surface area contributed by atoms with Crippen molar-refractivity contribution < 1.29 is 76.7 Å². The topological polar surface area (TPSA) is 315 Å². The van der Waals surface area contributed by atoms with Gasteiger partial charge in [-0.05, 0) is 137 Å². The van der Waals surface area contributed by atoms with Gasteiger partial charge in [-0.2, -0.15) is 0 Å². The van der Waals surface area contributed by atoms with Gasteiger partial charge in [0.15, 0.2) is 0 Å². The van der Waals surface area contributed by atoms with Crippen LogP contribution in [-0.2, 0) is 76.5 Å². The highest BCUT2D eigenvalue weighted by molar-refractivity contribution is 5.92. The van der Waals surface area contributed by atoms with Gasteiger partial charge in [0.2, 0.25) is 11.8 Å². The van der Waals surface area contributed by atoms with Crippen molar-refractivity contribution in [3.63, 3.8) is 0 Å². The number of aliphatic carboxylic acids is 1. The molecule has 6 atom stereocenters. The smallest absolute Gasteiger partial charge is 0.408 e. The normalized spacial score (nSPS) is 12.9. The lowest BCUT2D eigenvalue weighted by Gasteiger charge is -2.24. The molecule has 0 bridgehead atoms. The van der Waals surface area contributed by atoms with Gasteiger partial charge in [-0.25, -0.2) is 28.8 Å². The molecule has 6 aromatic carbocycles. The van der Waals surface area contributed by atoms with Gasteiger partial charge < -0.3 is 65.8 Å². The van der Waals surface area contributed by atoms with Crippen LogP contribution in [0.15, 0.2) is 165 Å². The van der Waals surface area contributed by atoms with E-state index < -0.39 is 101 Å². The van der Waals surface area contributed by atoms with Gasteiger partial charge in [0, 0.05) is 12.8 Å². The molecule has 0 aliphatic heterocycles. The van der Waals surface area contributed by atoms with Crippen LogP contribution in [0, 0.1) is 0 Å². The summed E-state index contributed by atoms with van der Waals surface area (Å²) in [4.78, 5) is 108. The number of nitrogens with two attached hydrogens (primary N) is 1. The third-order valence-corrected chi connectivity index (χ3v) is 13.1. The van der Waals surface area contributed by atoms with Crippen LogP contribution in [0.1, 0.15) is 98.3 Å². The number of ether oxygens (including phenoxy) is 6. The molecule has 0 saturated heterocycles. The van der Waals surface area contributed by atoms with Gasteiger partial charge in [-0.1, -0.05) is 146 Å². The minimum Gasteiger partial charge on any atom is -0.480 e. The summed E-state index contributed by atoms with van der Waals surface area (Å²) in [6, 6.07) is 36.3. The Morgan fingerprint density at radius 1 is 0.404 bits per heavy atom. The average molecular weight is 1300 g/mol. The van der Waals surface area contributed by atoms with Crippen LogP contribution in [0.25, 0.3) is 32.3 Å². The zero-order valence-electron chi connectivity index (χ0n) is 55.8. The molecule has 5 amide bonds. The van der Waals surface area contributed by atoms with Gasteiger partial charge >= 0.3 is 42.2 Å². The Hall–Kier alpha value is -10.1. The van der Waals surface area contributed by atoms with Crippen molar-refractivity contribution in [2.45, 2.75) is 154 Å². The number of esters is 3. The second-order valence-electron chi connectivity index (χ2n) is 24.5. The first kappa shape index (κ1) is 78.2. The number of benzene rings is 6. The Kier molecular flexibility index (Phi) is 31.6. The third kappa shape index (κ3) is 29.0. The number of alkyl carbamates (subject to hydrolysis) is 3. The molecular weight excluding hydrogens is 1200 g/mol. The molecule has 0 heterocycles. The van der Waals surface area contributed by atoms with E-state index in [1.807, 2.05) is 115 Å². The number of carbonyl (C=O) groups excluding carboxylic acids is 8. The van der Waals surface area contributed by atoms with Gasteiger partial charge in [-0.15, -0.1) is 19.7 Å². The Morgan fingerprint density at radius 3 is 0.957 bits per heavy atom. The molecule has 0 spiro atoms. The molecule has 0 aliphatic carbocycles. The molecule has 6 aromatic rings. The minimum absolute atomic E-state index is 0.161. The Balaban J connectivity index is 0.000000342. The largest absolute Gasteiger partial charge is 0.480 e. The second-order valence-corrected chi connectivity index (χ2v) is 24.5. The Labute approximate surface area is 550 Å². The predicted octanol–water partition coefficient (Wildman–Crippen LogP) is 10.4. The summed E-state index contributed by atoms with van der Waals surface area (Å²) in [5.41, 5.74) is 6.47. The molecule has 0 radical (unpaired) electrons. The molecule has 8 N–H and O–H groups in total. The number of hydrogen-bond acceptors (Lipinski definition) is 16. The van der Waals surface area contributed by atoms with Gasteiger partial charge in [-0.3, -0.25) is 14.4 Å². The standard InChI is InChI=1S/2C24H30N2O5.C14H15NO2.C10H17NO4/c2*1-6-9-19(26-23(29)31-24(2,3)4)21(27)25-20(22(28)30-5)15-16-12-13-17-10-7-8-11-18(17)14-16;1-17-14(16)13(15)9-10-6-7-11-4-2-3-5-12(11)8-10;1-5-6-7(8(12)13)11-9(14)15-10(2,3)4/h2*6-8,10-14,19-20H,1,9,15H2,2-5H3,(H,25,27)(H,26,29);2-8,13H,9,15H2,1H3;5,7H,1,6H2,2-4H3,(H,11,14)(H,12,13)/t2*19-,20-;13-;7-/m0000/s1. The van der Waals surface area contributed by atoms with E-state index in [0.717, 1.165) is 43.6 Å². The van der Waals surface area contributed by atoms with Crippen molar-refractivity contribution in [1.29, 1.82) is 0 Å². The van der Waals surface area contributed by atoms with Crippen molar-refractivity contribution in [2.75, 3.05) is 21.3 Å². The quantitative estimate of drug-likeness (QED) is 0.0178. The van der Waals surface area contributed by atoms with Gasteiger partial charge in [0.25, 0.3) is 0 Å². The lowest BCUT2D eigenvalue weighted by Crippen LogP contribution is -2.53. The van der Waals surface area contributed by atoms with Crippen LogP contribution in [0.3, 0.4) is 0 Å². The van der Waals surface area contributed by atoms with Crippen molar-refractivity contribution in [2.24, 2.45) is 5.73 Å². The lowest BCUT2D eigenvalue weighted by molar-refractivity contribution is -0.145. The molecule has 0 fully saturated rings. The van der Waals surface area contributed by atoms with Crippen LogP contribution in [-0.4, -0.2) is 133 Å². The molecule has 22 nitrogen and oxygen atoms in total. The molecular formula is C72H92N6O16. The maximum Gasteiger partial charge on any atom is 0.408 e. The highest BCUT2D eigenvalue weighted by Crippen LogP contribution is 2.21.